The van der Waals surface area contributed by atoms with Crippen molar-refractivity contribution in [3.05, 3.63) is 35.5 Å². The number of imidazole rings is 1. The number of hydrogen-bond donors (Lipinski definition) is 0. The molecule has 1 aromatic carbocycles. The van der Waals surface area contributed by atoms with E-state index >= 15 is 0 Å². The Morgan fingerprint density at radius 1 is 0.944 bits per heavy atom. The minimum absolute atomic E-state index is 0.142. The number of hydrogen-bond acceptors (Lipinski definition) is 6. The molecule has 0 spiro atoms. The monoisotopic (exact) mass is 526 g/mol. The Hall–Kier alpha value is -2.16. The summed E-state index contributed by atoms with van der Waals surface area (Å²) in [5.74, 6) is 0.543. The Balaban J connectivity index is 1.07. The topological polar surface area (TPSA) is 57.0 Å². The lowest BCUT2D eigenvalue weighted by atomic mass is 9.92. The average Bonchev–Trinajstić information content (AvgIpc) is 3.50. The molecule has 0 aliphatic carbocycles. The average molecular weight is 527 g/mol. The number of nitrogens with zero attached hydrogens (tertiary/aromatic N) is 6. The van der Waals surface area contributed by atoms with Crippen LogP contribution in [0.5, 0.6) is 0 Å². The number of aromatic nitrogens is 3. The van der Waals surface area contributed by atoms with Crippen molar-refractivity contribution < 1.29 is 4.79 Å². The minimum Gasteiger partial charge on any atom is -0.347 e. The summed E-state index contributed by atoms with van der Waals surface area (Å²) in [6.45, 7) is 6.17. The molecule has 3 aliphatic heterocycles. The molecule has 1 unspecified atom stereocenters. The third-order valence-corrected chi connectivity index (χ3v) is 9.35. The molecule has 1 atom stereocenters. The number of amides is 1. The zero-order valence-corrected chi connectivity index (χ0v) is 22.4. The first-order chi connectivity index (χ1) is 17.6. The fourth-order valence-electron chi connectivity index (χ4n) is 6.05. The highest BCUT2D eigenvalue weighted by molar-refractivity contribution is 7.20. The highest BCUT2D eigenvalue weighted by Crippen LogP contribution is 2.31. The van der Waals surface area contributed by atoms with Gasteiger partial charge in [-0.15, -0.1) is 5.10 Å². The van der Waals surface area contributed by atoms with Gasteiger partial charge < -0.3 is 14.7 Å². The van der Waals surface area contributed by atoms with Crippen LogP contribution in [0.1, 0.15) is 51.4 Å². The van der Waals surface area contributed by atoms with Crippen molar-refractivity contribution >= 4 is 38.9 Å². The van der Waals surface area contributed by atoms with Crippen molar-refractivity contribution in [3.63, 3.8) is 0 Å². The summed E-state index contributed by atoms with van der Waals surface area (Å²) >= 11 is 7.64. The molecule has 192 valence electrons. The van der Waals surface area contributed by atoms with Crippen LogP contribution in [0.3, 0.4) is 0 Å². The van der Waals surface area contributed by atoms with Crippen molar-refractivity contribution in [3.8, 4) is 11.3 Å². The van der Waals surface area contributed by atoms with Crippen LogP contribution in [0.2, 0.25) is 5.02 Å². The van der Waals surface area contributed by atoms with Crippen LogP contribution >= 0.6 is 22.9 Å². The Morgan fingerprint density at radius 3 is 2.44 bits per heavy atom. The van der Waals surface area contributed by atoms with E-state index in [1.165, 1.54) is 38.8 Å². The van der Waals surface area contributed by atoms with Crippen LogP contribution in [-0.4, -0.2) is 75.6 Å². The normalized spacial score (nSPS) is 22.4. The van der Waals surface area contributed by atoms with E-state index in [1.807, 2.05) is 35.0 Å². The SMILES string of the molecule is O=C(C1CCN(c2nn3cc(-c4ccc(Cl)cc4)nc3s2)CC1)N1CCCCC1CN1CCCCC1. The predicted octanol–water partition coefficient (Wildman–Crippen LogP) is 5.19. The molecule has 3 fully saturated rings. The molecular formula is C27H35ClN6OS. The van der Waals surface area contributed by atoms with Crippen LogP contribution < -0.4 is 4.90 Å². The second kappa shape index (κ2) is 10.7. The number of fused-ring (bicyclic) bond motifs is 1. The number of benzene rings is 1. The highest BCUT2D eigenvalue weighted by Gasteiger charge is 2.35. The third kappa shape index (κ3) is 5.13. The quantitative estimate of drug-likeness (QED) is 0.457. The van der Waals surface area contributed by atoms with Crippen LogP contribution in [-0.2, 0) is 4.79 Å². The van der Waals surface area contributed by atoms with Gasteiger partial charge in [0.1, 0.15) is 0 Å². The van der Waals surface area contributed by atoms with Crippen LogP contribution in [0, 0.1) is 5.92 Å². The van der Waals surface area contributed by atoms with Crippen LogP contribution in [0.15, 0.2) is 30.5 Å². The molecule has 36 heavy (non-hydrogen) atoms. The fourth-order valence-corrected chi connectivity index (χ4v) is 7.11. The zero-order valence-electron chi connectivity index (χ0n) is 20.8. The number of carbonyl (C=O) groups is 1. The largest absolute Gasteiger partial charge is 0.347 e. The lowest BCUT2D eigenvalue weighted by molar-refractivity contribution is -0.140. The maximum absolute atomic E-state index is 13.6. The van der Waals surface area contributed by atoms with E-state index < -0.39 is 0 Å². The number of likely N-dealkylation sites (tertiary alicyclic amines) is 2. The van der Waals surface area contributed by atoms with Gasteiger partial charge in [-0.05, 0) is 70.2 Å². The molecule has 7 nitrogen and oxygen atoms in total. The van der Waals surface area contributed by atoms with Gasteiger partial charge in [0.25, 0.3) is 0 Å². The van der Waals surface area contributed by atoms with Gasteiger partial charge in [-0.2, -0.15) is 0 Å². The Bertz CT molecular complexity index is 1150. The second-order valence-electron chi connectivity index (χ2n) is 10.5. The van der Waals surface area contributed by atoms with E-state index in [0.717, 1.165) is 78.2 Å². The van der Waals surface area contributed by atoms with Crippen molar-refractivity contribution in [2.45, 2.75) is 57.4 Å². The van der Waals surface area contributed by atoms with E-state index in [-0.39, 0.29) is 5.92 Å². The second-order valence-corrected chi connectivity index (χ2v) is 11.9. The molecule has 2 aromatic heterocycles. The lowest BCUT2D eigenvalue weighted by Gasteiger charge is -2.42. The van der Waals surface area contributed by atoms with Crippen molar-refractivity contribution in [1.29, 1.82) is 0 Å². The first kappa shape index (κ1) is 24.2. The summed E-state index contributed by atoms with van der Waals surface area (Å²) in [6, 6.07) is 8.14. The molecule has 6 rings (SSSR count). The van der Waals surface area contributed by atoms with Gasteiger partial charge in [-0.3, -0.25) is 4.79 Å². The van der Waals surface area contributed by atoms with E-state index in [4.69, 9.17) is 21.7 Å². The first-order valence-electron chi connectivity index (χ1n) is 13.5. The van der Waals surface area contributed by atoms with Crippen molar-refractivity contribution in [2.24, 2.45) is 5.92 Å². The summed E-state index contributed by atoms with van der Waals surface area (Å²) < 4.78 is 1.88. The van der Waals surface area contributed by atoms with Crippen molar-refractivity contribution in [1.82, 2.24) is 24.4 Å². The smallest absolute Gasteiger partial charge is 0.226 e. The molecule has 1 amide bonds. The van der Waals surface area contributed by atoms with Gasteiger partial charge in [0.15, 0.2) is 0 Å². The van der Waals surface area contributed by atoms with Gasteiger partial charge in [0, 0.05) is 48.7 Å². The number of halogens is 1. The molecule has 3 aromatic rings. The maximum Gasteiger partial charge on any atom is 0.226 e. The van der Waals surface area contributed by atoms with E-state index in [1.54, 1.807) is 11.3 Å². The molecule has 0 radical (unpaired) electrons. The molecule has 5 heterocycles. The third-order valence-electron chi connectivity index (χ3n) is 8.12. The zero-order chi connectivity index (χ0) is 24.5. The Labute approximate surface area is 222 Å². The number of anilines is 1. The number of carbonyl (C=O) groups excluding carboxylic acids is 1. The first-order valence-corrected chi connectivity index (χ1v) is 14.7. The Kier molecular flexibility index (Phi) is 7.18. The van der Waals surface area contributed by atoms with Gasteiger partial charge in [-0.1, -0.05) is 41.5 Å². The van der Waals surface area contributed by atoms with Gasteiger partial charge >= 0.3 is 0 Å². The Morgan fingerprint density at radius 2 is 1.69 bits per heavy atom. The molecule has 0 saturated carbocycles. The molecule has 3 saturated heterocycles. The van der Waals surface area contributed by atoms with E-state index in [9.17, 15) is 4.79 Å². The standard InChI is InChI=1S/C27H35ClN6OS/c28-22-9-7-20(8-10-22)24-19-34-26(29-24)36-27(30-34)32-16-11-21(12-17-32)25(35)33-15-5-2-6-23(33)18-31-13-3-1-4-14-31/h7-10,19,21,23H,1-6,11-18H2. The minimum atomic E-state index is 0.142. The summed E-state index contributed by atoms with van der Waals surface area (Å²) in [4.78, 5) is 26.4. The predicted molar refractivity (Wildman–Crippen MR) is 146 cm³/mol. The molecule has 9 heteroatoms. The highest BCUT2D eigenvalue weighted by atomic mass is 35.5. The molecule has 3 aliphatic rings. The van der Waals surface area contributed by atoms with Gasteiger partial charge in [0.2, 0.25) is 16.0 Å². The summed E-state index contributed by atoms with van der Waals surface area (Å²) in [5, 5.41) is 6.52. The van der Waals surface area contributed by atoms with Gasteiger partial charge in [-0.25, -0.2) is 9.50 Å². The number of piperidine rings is 3. The van der Waals surface area contributed by atoms with E-state index in [0.29, 0.717) is 11.9 Å². The number of rotatable bonds is 5. The molecule has 0 N–H and O–H groups in total. The van der Waals surface area contributed by atoms with E-state index in [2.05, 4.69) is 14.7 Å². The summed E-state index contributed by atoms with van der Waals surface area (Å²) in [7, 11) is 0. The fraction of sp³-hybridized carbons (Fsp3) is 0.593. The van der Waals surface area contributed by atoms with Crippen molar-refractivity contribution in [2.75, 3.05) is 44.2 Å². The molecule has 0 bridgehead atoms. The van der Waals surface area contributed by atoms with Gasteiger partial charge in [0.05, 0.1) is 11.9 Å². The van der Waals surface area contributed by atoms with Crippen LogP contribution in [0.25, 0.3) is 16.2 Å². The maximum atomic E-state index is 13.6. The lowest BCUT2D eigenvalue weighted by Crippen LogP contribution is -2.53. The summed E-state index contributed by atoms with van der Waals surface area (Å²) in [6.07, 6.45) is 11.3. The molecular weight excluding hydrogens is 492 g/mol. The summed E-state index contributed by atoms with van der Waals surface area (Å²) in [5.41, 5.74) is 1.94. The van der Waals surface area contributed by atoms with Crippen LogP contribution in [0.4, 0.5) is 5.13 Å².